The fourth-order valence-corrected chi connectivity index (χ4v) is 3.98. The summed E-state index contributed by atoms with van der Waals surface area (Å²) in [6, 6.07) is 4.65. The van der Waals surface area contributed by atoms with Crippen molar-refractivity contribution in [2.45, 2.75) is 38.8 Å². The number of nitrogens with zero attached hydrogens (tertiary/aromatic N) is 2. The third kappa shape index (κ3) is 5.17. The minimum absolute atomic E-state index is 0.0512. The van der Waals surface area contributed by atoms with Crippen LogP contribution in [0.4, 0.5) is 0 Å². The molecule has 24 heavy (non-hydrogen) atoms. The Morgan fingerprint density at radius 3 is 2.71 bits per heavy atom. The summed E-state index contributed by atoms with van der Waals surface area (Å²) in [6.07, 6.45) is 4.84. The van der Waals surface area contributed by atoms with E-state index in [4.69, 9.17) is 0 Å². The average molecular weight is 355 g/mol. The monoisotopic (exact) mass is 355 g/mol. The van der Waals surface area contributed by atoms with Crippen molar-refractivity contribution in [3.8, 4) is 0 Å². The van der Waals surface area contributed by atoms with Gasteiger partial charge in [-0.05, 0) is 18.4 Å². The van der Waals surface area contributed by atoms with Gasteiger partial charge < -0.3 is 9.47 Å². The lowest BCUT2D eigenvalue weighted by atomic mass is 9.99. The summed E-state index contributed by atoms with van der Waals surface area (Å²) in [7, 11) is -3.30. The molecule has 8 heteroatoms. The van der Waals surface area contributed by atoms with Gasteiger partial charge >= 0.3 is 0 Å². The van der Waals surface area contributed by atoms with E-state index < -0.39 is 10.0 Å². The van der Waals surface area contributed by atoms with Crippen molar-refractivity contribution in [3.63, 3.8) is 0 Å². The molecule has 2 atom stereocenters. The number of pyridine rings is 1. The number of amides is 1. The van der Waals surface area contributed by atoms with Crippen LogP contribution in [0.2, 0.25) is 0 Å². The van der Waals surface area contributed by atoms with E-state index in [9.17, 15) is 18.0 Å². The maximum atomic E-state index is 12.4. The van der Waals surface area contributed by atoms with Crippen molar-refractivity contribution in [3.05, 3.63) is 34.7 Å². The van der Waals surface area contributed by atoms with Gasteiger partial charge in [-0.25, -0.2) is 13.1 Å². The van der Waals surface area contributed by atoms with E-state index in [-0.39, 0.29) is 29.8 Å². The highest BCUT2D eigenvalue weighted by Crippen LogP contribution is 2.23. The second kappa shape index (κ2) is 7.94. The maximum Gasteiger partial charge on any atom is 0.250 e. The number of hydrogen-bond acceptors (Lipinski definition) is 4. The molecule has 0 bridgehead atoms. The van der Waals surface area contributed by atoms with E-state index in [0.717, 1.165) is 19.1 Å². The molecule has 1 N–H and O–H groups in total. The quantitative estimate of drug-likeness (QED) is 0.767. The van der Waals surface area contributed by atoms with Gasteiger partial charge in [-0.3, -0.25) is 9.59 Å². The molecule has 1 aliphatic rings. The molecule has 0 spiro atoms. The van der Waals surface area contributed by atoms with Crippen molar-refractivity contribution < 1.29 is 13.2 Å². The van der Waals surface area contributed by atoms with E-state index in [1.807, 2.05) is 6.92 Å². The Bertz CT molecular complexity index is 729. The van der Waals surface area contributed by atoms with Crippen LogP contribution in [0, 0.1) is 5.92 Å². The highest BCUT2D eigenvalue weighted by atomic mass is 32.2. The molecule has 134 valence electrons. The van der Waals surface area contributed by atoms with Crippen LogP contribution in [-0.2, 0) is 21.4 Å². The molecule has 1 aliphatic heterocycles. The first kappa shape index (κ1) is 18.7. The van der Waals surface area contributed by atoms with Crippen molar-refractivity contribution in [2.75, 3.05) is 19.3 Å². The zero-order valence-corrected chi connectivity index (χ0v) is 15.0. The minimum Gasteiger partial charge on any atom is -0.341 e. The lowest BCUT2D eigenvalue weighted by molar-refractivity contribution is -0.130. The summed E-state index contributed by atoms with van der Waals surface area (Å²) < 4.78 is 27.2. The van der Waals surface area contributed by atoms with Crippen LogP contribution in [0.3, 0.4) is 0 Å². The Morgan fingerprint density at radius 2 is 2.08 bits per heavy atom. The molecule has 0 aliphatic carbocycles. The molecule has 0 radical (unpaired) electrons. The van der Waals surface area contributed by atoms with Crippen molar-refractivity contribution in [1.82, 2.24) is 14.2 Å². The van der Waals surface area contributed by atoms with Gasteiger partial charge in [0.15, 0.2) is 0 Å². The Morgan fingerprint density at radius 1 is 1.33 bits per heavy atom. The molecule has 0 aromatic carbocycles. The first-order valence-electron chi connectivity index (χ1n) is 8.20. The third-order valence-electron chi connectivity index (χ3n) is 4.28. The summed E-state index contributed by atoms with van der Waals surface area (Å²) in [5, 5.41) is 0. The van der Waals surface area contributed by atoms with Crippen LogP contribution < -0.4 is 10.3 Å². The molecule has 1 aromatic rings. The average Bonchev–Trinajstić information content (AvgIpc) is 2.87. The predicted molar refractivity (Wildman–Crippen MR) is 92.1 cm³/mol. The first-order chi connectivity index (χ1) is 11.3. The maximum absolute atomic E-state index is 12.4. The molecule has 1 fully saturated rings. The highest BCUT2D eigenvalue weighted by molar-refractivity contribution is 7.88. The first-order valence-corrected chi connectivity index (χ1v) is 10.1. The van der Waals surface area contributed by atoms with Gasteiger partial charge in [0.05, 0.1) is 6.26 Å². The largest absolute Gasteiger partial charge is 0.341 e. The van der Waals surface area contributed by atoms with E-state index in [2.05, 4.69) is 4.72 Å². The van der Waals surface area contributed by atoms with Crippen LogP contribution in [-0.4, -0.2) is 49.2 Å². The molecule has 2 heterocycles. The van der Waals surface area contributed by atoms with Gasteiger partial charge in [-0.2, -0.15) is 0 Å². The molecule has 7 nitrogen and oxygen atoms in total. The second-order valence-electron chi connectivity index (χ2n) is 6.33. The van der Waals surface area contributed by atoms with Gasteiger partial charge in [0.25, 0.3) is 5.56 Å². The number of hydrogen-bond donors (Lipinski definition) is 1. The molecule has 0 saturated carbocycles. The van der Waals surface area contributed by atoms with Crippen LogP contribution >= 0.6 is 0 Å². The molecular formula is C16H25N3O4S. The lowest BCUT2D eigenvalue weighted by Gasteiger charge is -2.17. The van der Waals surface area contributed by atoms with Crippen LogP contribution in [0.25, 0.3) is 0 Å². The number of carbonyl (C=O) groups excluding carboxylic acids is 1. The Balaban J connectivity index is 1.97. The molecule has 2 rings (SSSR count). The van der Waals surface area contributed by atoms with E-state index in [1.54, 1.807) is 23.2 Å². The molecule has 1 amide bonds. The number of rotatable bonds is 7. The van der Waals surface area contributed by atoms with Gasteiger partial charge in [0.1, 0.15) is 0 Å². The fourth-order valence-electron chi connectivity index (χ4n) is 3.17. The number of nitrogens with one attached hydrogen (secondary N) is 1. The Kier molecular flexibility index (Phi) is 6.17. The minimum atomic E-state index is -3.30. The smallest absolute Gasteiger partial charge is 0.250 e. The Hall–Kier alpha value is -1.67. The normalized spacial score (nSPS) is 21.2. The van der Waals surface area contributed by atoms with Crippen molar-refractivity contribution >= 4 is 15.9 Å². The zero-order valence-electron chi connectivity index (χ0n) is 14.1. The van der Waals surface area contributed by atoms with Crippen LogP contribution in [0.5, 0.6) is 0 Å². The standard InChI is InChI=1S/C16H25N3O4S/c1-3-6-13-11-19(12-14(13)17-24(2,22)23)16(21)8-10-18-9-5-4-7-15(18)20/h4-5,7,9,13-14,17H,3,6,8,10-12H2,1-2H3/t13-,14-/m0/s1. The molecule has 1 aromatic heterocycles. The van der Waals surface area contributed by atoms with E-state index in [0.29, 0.717) is 19.6 Å². The summed E-state index contributed by atoms with van der Waals surface area (Å²) in [4.78, 5) is 25.8. The molecule has 1 saturated heterocycles. The van der Waals surface area contributed by atoms with E-state index >= 15 is 0 Å². The summed E-state index contributed by atoms with van der Waals surface area (Å²) >= 11 is 0. The van der Waals surface area contributed by atoms with Crippen molar-refractivity contribution in [1.29, 1.82) is 0 Å². The number of aromatic nitrogens is 1. The van der Waals surface area contributed by atoms with Crippen LogP contribution in [0.1, 0.15) is 26.2 Å². The van der Waals surface area contributed by atoms with Gasteiger partial charge in [-0.1, -0.05) is 19.4 Å². The summed E-state index contributed by atoms with van der Waals surface area (Å²) in [6.45, 7) is 3.32. The highest BCUT2D eigenvalue weighted by Gasteiger charge is 2.35. The van der Waals surface area contributed by atoms with Gasteiger partial charge in [-0.15, -0.1) is 0 Å². The Labute approximate surface area is 142 Å². The molecular weight excluding hydrogens is 330 g/mol. The lowest BCUT2D eigenvalue weighted by Crippen LogP contribution is -2.40. The zero-order chi connectivity index (χ0) is 17.7. The van der Waals surface area contributed by atoms with E-state index in [1.165, 1.54) is 10.6 Å². The number of likely N-dealkylation sites (tertiary alicyclic amines) is 1. The SMILES string of the molecule is CCC[C@H]1CN(C(=O)CCn2ccccc2=O)C[C@@H]1NS(C)(=O)=O. The van der Waals surface area contributed by atoms with Crippen molar-refractivity contribution in [2.24, 2.45) is 5.92 Å². The summed E-state index contributed by atoms with van der Waals surface area (Å²) in [5.74, 6) is 0.0813. The number of carbonyl (C=O) groups is 1. The third-order valence-corrected chi connectivity index (χ3v) is 5.02. The van der Waals surface area contributed by atoms with Gasteiger partial charge in [0, 0.05) is 44.4 Å². The fraction of sp³-hybridized carbons (Fsp3) is 0.625. The second-order valence-corrected chi connectivity index (χ2v) is 8.11. The summed E-state index contributed by atoms with van der Waals surface area (Å²) in [5.41, 5.74) is -0.132. The molecule has 0 unspecified atom stereocenters. The van der Waals surface area contributed by atoms with Gasteiger partial charge in [0.2, 0.25) is 15.9 Å². The number of sulfonamides is 1. The van der Waals surface area contributed by atoms with Crippen LogP contribution in [0.15, 0.2) is 29.2 Å². The predicted octanol–water partition coefficient (Wildman–Crippen LogP) is 0.415. The number of aryl methyl sites for hydroxylation is 1. The topological polar surface area (TPSA) is 88.5 Å².